The van der Waals surface area contributed by atoms with Crippen molar-refractivity contribution in [3.63, 3.8) is 0 Å². The fourth-order valence-electron chi connectivity index (χ4n) is 4.24. The van der Waals surface area contributed by atoms with Crippen molar-refractivity contribution >= 4 is 29.4 Å². The first kappa shape index (κ1) is 27.4. The number of hydrogen-bond donors (Lipinski definition) is 2. The molecule has 0 aromatic heterocycles. The highest BCUT2D eigenvalue weighted by Crippen LogP contribution is 2.34. The van der Waals surface area contributed by atoms with E-state index in [1.165, 1.54) is 12.1 Å². The van der Waals surface area contributed by atoms with Gasteiger partial charge in [-0.15, -0.1) is 0 Å². The summed E-state index contributed by atoms with van der Waals surface area (Å²) in [5, 5.41) is 3.11. The van der Waals surface area contributed by atoms with Gasteiger partial charge in [0.2, 0.25) is 5.91 Å². The van der Waals surface area contributed by atoms with Crippen molar-refractivity contribution in [1.82, 2.24) is 10.4 Å². The van der Waals surface area contributed by atoms with Gasteiger partial charge < -0.3 is 10.1 Å². The lowest BCUT2D eigenvalue weighted by atomic mass is 9.91. The number of anilines is 1. The van der Waals surface area contributed by atoms with Crippen molar-refractivity contribution < 1.29 is 37.1 Å². The van der Waals surface area contributed by atoms with Crippen LogP contribution in [0.1, 0.15) is 29.0 Å². The van der Waals surface area contributed by atoms with Crippen molar-refractivity contribution in [2.24, 2.45) is 5.92 Å². The molecule has 1 fully saturated rings. The van der Waals surface area contributed by atoms with E-state index in [-0.39, 0.29) is 13.0 Å². The number of nitrogens with one attached hydrogen (secondary N) is 2. The summed E-state index contributed by atoms with van der Waals surface area (Å²) in [6.07, 6.45) is -4.95. The molecule has 1 heterocycles. The number of alkyl halides is 3. The van der Waals surface area contributed by atoms with Crippen LogP contribution in [0.5, 0.6) is 0 Å². The molecular formula is C28H24F3N3O5. The quantitative estimate of drug-likeness (QED) is 0.423. The largest absolute Gasteiger partial charge is 0.455 e. The summed E-state index contributed by atoms with van der Waals surface area (Å²) in [5.41, 5.74) is 2.49. The summed E-state index contributed by atoms with van der Waals surface area (Å²) in [6, 6.07) is 22.4. The molecule has 0 unspecified atom stereocenters. The van der Waals surface area contributed by atoms with Crippen LogP contribution in [0.4, 0.5) is 18.9 Å². The third-order valence-corrected chi connectivity index (χ3v) is 6.08. The second-order valence-electron chi connectivity index (χ2n) is 8.84. The number of amides is 3. The van der Waals surface area contributed by atoms with Gasteiger partial charge in [0.15, 0.2) is 6.61 Å². The fourth-order valence-corrected chi connectivity index (χ4v) is 4.24. The Labute approximate surface area is 221 Å². The molecule has 1 aliphatic rings. The molecule has 3 amide bonds. The minimum absolute atomic E-state index is 0.182. The molecule has 0 spiro atoms. The molecule has 0 saturated carbocycles. The topological polar surface area (TPSA) is 105 Å². The third kappa shape index (κ3) is 6.81. The van der Waals surface area contributed by atoms with Crippen LogP contribution in [0.25, 0.3) is 0 Å². The van der Waals surface area contributed by atoms with Crippen molar-refractivity contribution in [2.75, 3.05) is 18.5 Å². The Morgan fingerprint density at radius 3 is 2.05 bits per heavy atom. The second-order valence-corrected chi connectivity index (χ2v) is 8.84. The molecule has 1 aliphatic heterocycles. The van der Waals surface area contributed by atoms with Gasteiger partial charge in [-0.1, -0.05) is 72.8 Å². The molecule has 3 aromatic carbocycles. The molecule has 1 atom stereocenters. The number of hydrazine groups is 1. The molecule has 0 aliphatic carbocycles. The van der Waals surface area contributed by atoms with Crippen LogP contribution in [0.3, 0.4) is 0 Å². The van der Waals surface area contributed by atoms with Crippen molar-refractivity contribution in [1.29, 1.82) is 0 Å². The van der Waals surface area contributed by atoms with Crippen LogP contribution >= 0.6 is 0 Å². The average Bonchev–Trinajstić information content (AvgIpc) is 3.28. The zero-order valence-corrected chi connectivity index (χ0v) is 20.5. The average molecular weight is 540 g/mol. The van der Waals surface area contributed by atoms with Crippen LogP contribution in [0.15, 0.2) is 84.9 Å². The van der Waals surface area contributed by atoms with Gasteiger partial charge >= 0.3 is 12.1 Å². The van der Waals surface area contributed by atoms with Gasteiger partial charge in [0, 0.05) is 6.42 Å². The number of rotatable bonds is 8. The Hall–Kier alpha value is -4.67. The van der Waals surface area contributed by atoms with Gasteiger partial charge in [0.05, 0.1) is 29.6 Å². The predicted octanol–water partition coefficient (Wildman–Crippen LogP) is 3.90. The lowest BCUT2D eigenvalue weighted by Gasteiger charge is -2.23. The van der Waals surface area contributed by atoms with Gasteiger partial charge in [-0.25, -0.2) is 0 Å². The molecular weight excluding hydrogens is 515 g/mol. The first-order valence-electron chi connectivity index (χ1n) is 12.0. The van der Waals surface area contributed by atoms with Gasteiger partial charge in [0.1, 0.15) is 0 Å². The Morgan fingerprint density at radius 2 is 1.46 bits per heavy atom. The van der Waals surface area contributed by atoms with Crippen molar-refractivity contribution in [3.8, 4) is 0 Å². The number of ether oxygens (including phenoxy) is 1. The van der Waals surface area contributed by atoms with Crippen molar-refractivity contribution in [3.05, 3.63) is 102 Å². The number of para-hydroxylation sites is 1. The van der Waals surface area contributed by atoms with Crippen LogP contribution in [-0.4, -0.2) is 41.9 Å². The maximum Gasteiger partial charge on any atom is 0.418 e. The third-order valence-electron chi connectivity index (χ3n) is 6.08. The zero-order chi connectivity index (χ0) is 28.0. The lowest BCUT2D eigenvalue weighted by Crippen LogP contribution is -2.45. The molecule has 202 valence electrons. The summed E-state index contributed by atoms with van der Waals surface area (Å²) in [5.74, 6) is -4.54. The highest BCUT2D eigenvalue weighted by Gasteiger charge is 2.38. The number of hydrogen-bond acceptors (Lipinski definition) is 5. The smallest absolute Gasteiger partial charge is 0.418 e. The first-order valence-corrected chi connectivity index (χ1v) is 12.0. The lowest BCUT2D eigenvalue weighted by molar-refractivity contribution is -0.151. The minimum Gasteiger partial charge on any atom is -0.455 e. The number of benzene rings is 3. The number of carbonyl (C=O) groups excluding carboxylic acids is 4. The van der Waals surface area contributed by atoms with Gasteiger partial charge in [0.25, 0.3) is 11.8 Å². The van der Waals surface area contributed by atoms with Crippen LogP contribution < -0.4 is 10.7 Å². The van der Waals surface area contributed by atoms with E-state index in [9.17, 15) is 32.3 Å². The van der Waals surface area contributed by atoms with E-state index in [1.807, 2.05) is 12.1 Å². The standard InChI is InChI=1S/C28H24F3N3O5/c29-28(30,31)21-13-7-8-14-22(21)32-23(35)17-39-27(38)20-15-24(36)34(16-20)33-26(37)25(18-9-3-1-4-10-18)19-11-5-2-6-12-19/h1-14,20,25H,15-17H2,(H,32,35)(H,33,37)/t20-/m0/s1. The Kier molecular flexibility index (Phi) is 8.28. The van der Waals surface area contributed by atoms with E-state index in [0.29, 0.717) is 11.1 Å². The second kappa shape index (κ2) is 11.8. The van der Waals surface area contributed by atoms with E-state index >= 15 is 0 Å². The summed E-state index contributed by atoms with van der Waals surface area (Å²) >= 11 is 0. The number of esters is 1. The molecule has 11 heteroatoms. The van der Waals surface area contributed by atoms with Crippen molar-refractivity contribution in [2.45, 2.75) is 18.5 Å². The van der Waals surface area contributed by atoms with E-state index in [2.05, 4.69) is 10.7 Å². The number of nitrogens with zero attached hydrogens (tertiary/aromatic N) is 1. The molecule has 3 aromatic rings. The Morgan fingerprint density at radius 1 is 0.897 bits per heavy atom. The highest BCUT2D eigenvalue weighted by molar-refractivity contribution is 5.95. The SMILES string of the molecule is O=C(COC(=O)[C@H]1CC(=O)N(NC(=O)C(c2ccccc2)c2ccccc2)C1)Nc1ccccc1C(F)(F)F. The molecule has 1 saturated heterocycles. The molecule has 0 bridgehead atoms. The van der Waals surface area contributed by atoms with Gasteiger partial charge in [-0.05, 0) is 23.3 Å². The van der Waals surface area contributed by atoms with Gasteiger partial charge in [-0.3, -0.25) is 29.6 Å². The molecule has 4 rings (SSSR count). The van der Waals surface area contributed by atoms with E-state index in [0.717, 1.165) is 17.1 Å². The Bertz CT molecular complexity index is 1310. The molecule has 2 N–H and O–H groups in total. The van der Waals surface area contributed by atoms with Gasteiger partial charge in [-0.2, -0.15) is 13.2 Å². The Balaban J connectivity index is 1.35. The van der Waals surface area contributed by atoms with E-state index < -0.39 is 59.6 Å². The zero-order valence-electron chi connectivity index (χ0n) is 20.5. The summed E-state index contributed by atoms with van der Waals surface area (Å²) in [4.78, 5) is 50.5. The first-order chi connectivity index (χ1) is 18.6. The summed E-state index contributed by atoms with van der Waals surface area (Å²) < 4.78 is 44.3. The maximum absolute atomic E-state index is 13.3. The number of carbonyl (C=O) groups is 4. The molecule has 0 radical (unpaired) electrons. The minimum atomic E-state index is -4.68. The number of halogens is 3. The predicted molar refractivity (Wildman–Crippen MR) is 134 cm³/mol. The monoisotopic (exact) mass is 539 g/mol. The maximum atomic E-state index is 13.3. The highest BCUT2D eigenvalue weighted by atomic mass is 19.4. The van der Waals surface area contributed by atoms with E-state index in [4.69, 9.17) is 4.74 Å². The van der Waals surface area contributed by atoms with Crippen LogP contribution in [-0.2, 0) is 30.1 Å². The molecule has 8 nitrogen and oxygen atoms in total. The van der Waals surface area contributed by atoms with E-state index in [1.54, 1.807) is 48.5 Å². The molecule has 39 heavy (non-hydrogen) atoms. The summed E-state index contributed by atoms with van der Waals surface area (Å²) in [6.45, 7) is -1.02. The normalized spacial score (nSPS) is 15.2. The van der Waals surface area contributed by atoms with Crippen LogP contribution in [0, 0.1) is 5.92 Å². The summed E-state index contributed by atoms with van der Waals surface area (Å²) in [7, 11) is 0. The fraction of sp³-hybridized carbons (Fsp3) is 0.214. The van der Waals surface area contributed by atoms with Crippen LogP contribution in [0.2, 0.25) is 0 Å².